The topological polar surface area (TPSA) is 44.5 Å². The Morgan fingerprint density at radius 2 is 2.16 bits per heavy atom. The Morgan fingerprint density at radius 3 is 2.95 bits per heavy atom. The number of benzene rings is 1. The van der Waals surface area contributed by atoms with E-state index >= 15 is 0 Å². The van der Waals surface area contributed by atoms with Gasteiger partial charge in [0, 0.05) is 29.2 Å². The molecule has 5 heteroatoms. The molecule has 19 heavy (non-hydrogen) atoms. The van der Waals surface area contributed by atoms with E-state index in [0.29, 0.717) is 6.61 Å². The summed E-state index contributed by atoms with van der Waals surface area (Å²) in [5.41, 5.74) is 6.52. The molecule has 2 fully saturated rings. The van der Waals surface area contributed by atoms with Gasteiger partial charge in [0.2, 0.25) is 0 Å². The molecule has 104 valence electrons. The molecule has 1 aliphatic carbocycles. The molecule has 1 heterocycles. The molecule has 0 aromatic heterocycles. The van der Waals surface area contributed by atoms with Crippen LogP contribution in [0.1, 0.15) is 25.7 Å². The largest absolute Gasteiger partial charge is 0.399 e. The van der Waals surface area contributed by atoms with Gasteiger partial charge in [-0.15, -0.1) is 11.8 Å². The predicted octanol–water partition coefficient (Wildman–Crippen LogP) is 3.70. The Kier molecular flexibility index (Phi) is 3.94. The summed E-state index contributed by atoms with van der Waals surface area (Å²) in [6, 6.07) is 5.56. The van der Waals surface area contributed by atoms with E-state index in [2.05, 4.69) is 0 Å². The van der Waals surface area contributed by atoms with Crippen LogP contribution in [0.2, 0.25) is 5.02 Å². The minimum absolute atomic E-state index is 0.153. The lowest BCUT2D eigenvalue weighted by molar-refractivity contribution is -0.159. The van der Waals surface area contributed by atoms with Crippen LogP contribution < -0.4 is 5.73 Å². The van der Waals surface area contributed by atoms with Crippen molar-refractivity contribution < 1.29 is 9.47 Å². The summed E-state index contributed by atoms with van der Waals surface area (Å²) < 4.78 is 11.9. The standard InChI is InChI=1S/C14H18ClNO2S/c15-12-4-3-10(16)7-13(12)19-9-11-8-17-14(18-11)5-1-2-6-14/h3-4,7,11H,1-2,5-6,8-9,16H2. The zero-order valence-electron chi connectivity index (χ0n) is 10.7. The number of rotatable bonds is 3. The quantitative estimate of drug-likeness (QED) is 0.683. The van der Waals surface area contributed by atoms with Crippen molar-refractivity contribution in [1.82, 2.24) is 0 Å². The number of thioether (sulfide) groups is 1. The van der Waals surface area contributed by atoms with E-state index in [4.69, 9.17) is 26.8 Å². The van der Waals surface area contributed by atoms with Crippen LogP contribution in [-0.4, -0.2) is 24.3 Å². The molecule has 1 unspecified atom stereocenters. The van der Waals surface area contributed by atoms with E-state index in [-0.39, 0.29) is 11.9 Å². The van der Waals surface area contributed by atoms with E-state index in [1.54, 1.807) is 11.8 Å². The summed E-state index contributed by atoms with van der Waals surface area (Å²) >= 11 is 7.84. The fraction of sp³-hybridized carbons (Fsp3) is 0.571. The van der Waals surface area contributed by atoms with Gasteiger partial charge in [0.05, 0.1) is 17.7 Å². The third kappa shape index (κ3) is 3.02. The Balaban J connectivity index is 1.57. The molecular weight excluding hydrogens is 282 g/mol. The highest BCUT2D eigenvalue weighted by Gasteiger charge is 2.43. The lowest BCUT2D eigenvalue weighted by Crippen LogP contribution is -2.27. The van der Waals surface area contributed by atoms with Crippen LogP contribution in [0.25, 0.3) is 0 Å². The average Bonchev–Trinajstić information content (AvgIpc) is 3.02. The van der Waals surface area contributed by atoms with Gasteiger partial charge in [0.1, 0.15) is 0 Å². The molecule has 3 rings (SSSR count). The second kappa shape index (κ2) is 5.52. The van der Waals surface area contributed by atoms with Crippen LogP contribution in [0.4, 0.5) is 5.69 Å². The number of nitrogens with two attached hydrogens (primary N) is 1. The van der Waals surface area contributed by atoms with Crippen LogP contribution in [0.5, 0.6) is 0 Å². The van der Waals surface area contributed by atoms with E-state index in [9.17, 15) is 0 Å². The van der Waals surface area contributed by atoms with Crippen LogP contribution in [0, 0.1) is 0 Å². The molecule has 0 bridgehead atoms. The number of nitrogen functional groups attached to an aromatic ring is 1. The van der Waals surface area contributed by atoms with Gasteiger partial charge in [-0.05, 0) is 31.0 Å². The van der Waals surface area contributed by atoms with Crippen molar-refractivity contribution in [1.29, 1.82) is 0 Å². The molecule has 1 saturated heterocycles. The SMILES string of the molecule is Nc1ccc(Cl)c(SCC2COC3(CCCC3)O2)c1. The maximum Gasteiger partial charge on any atom is 0.168 e. The van der Waals surface area contributed by atoms with Gasteiger partial charge in [-0.2, -0.15) is 0 Å². The zero-order valence-corrected chi connectivity index (χ0v) is 12.3. The molecule has 1 atom stereocenters. The molecule has 1 aromatic rings. The molecule has 2 N–H and O–H groups in total. The summed E-state index contributed by atoms with van der Waals surface area (Å²) in [6.07, 6.45) is 4.64. The summed E-state index contributed by atoms with van der Waals surface area (Å²) in [6.45, 7) is 0.687. The van der Waals surface area contributed by atoms with Gasteiger partial charge >= 0.3 is 0 Å². The van der Waals surface area contributed by atoms with Gasteiger partial charge in [-0.1, -0.05) is 11.6 Å². The molecule has 3 nitrogen and oxygen atoms in total. The van der Waals surface area contributed by atoms with Gasteiger partial charge in [0.15, 0.2) is 5.79 Å². The van der Waals surface area contributed by atoms with Crippen LogP contribution in [0.15, 0.2) is 23.1 Å². The Bertz CT molecular complexity index is 463. The second-order valence-electron chi connectivity index (χ2n) is 5.17. The first-order valence-corrected chi connectivity index (χ1v) is 8.03. The van der Waals surface area contributed by atoms with E-state index in [0.717, 1.165) is 34.2 Å². The number of anilines is 1. The minimum atomic E-state index is -0.273. The van der Waals surface area contributed by atoms with Crippen LogP contribution in [-0.2, 0) is 9.47 Å². The lowest BCUT2D eigenvalue weighted by Gasteiger charge is -2.21. The lowest BCUT2D eigenvalue weighted by atomic mass is 10.2. The number of ether oxygens (including phenoxy) is 2. The monoisotopic (exact) mass is 299 g/mol. The number of halogens is 1. The Labute approximate surface area is 122 Å². The third-order valence-electron chi connectivity index (χ3n) is 3.66. The zero-order chi connectivity index (χ0) is 13.3. The van der Waals surface area contributed by atoms with Crippen molar-refractivity contribution in [2.24, 2.45) is 0 Å². The Hall–Kier alpha value is -0.420. The van der Waals surface area contributed by atoms with Gasteiger partial charge in [-0.25, -0.2) is 0 Å². The first-order chi connectivity index (χ1) is 9.17. The van der Waals surface area contributed by atoms with Crippen molar-refractivity contribution in [3.05, 3.63) is 23.2 Å². The number of hydrogen-bond acceptors (Lipinski definition) is 4. The Morgan fingerprint density at radius 1 is 1.37 bits per heavy atom. The van der Waals surface area contributed by atoms with E-state index < -0.39 is 0 Å². The summed E-state index contributed by atoms with van der Waals surface area (Å²) in [5.74, 6) is 0.579. The third-order valence-corrected chi connectivity index (χ3v) is 5.29. The molecular formula is C14H18ClNO2S. The molecule has 1 spiro atoms. The van der Waals surface area contributed by atoms with Crippen molar-refractivity contribution >= 4 is 29.1 Å². The fourth-order valence-corrected chi connectivity index (χ4v) is 3.92. The molecule has 2 aliphatic rings. The van der Waals surface area contributed by atoms with Gasteiger partial charge in [0.25, 0.3) is 0 Å². The fourth-order valence-electron chi connectivity index (χ4n) is 2.69. The van der Waals surface area contributed by atoms with E-state index in [1.807, 2.05) is 18.2 Å². The summed E-state index contributed by atoms with van der Waals surface area (Å²) in [7, 11) is 0. The predicted molar refractivity (Wildman–Crippen MR) is 78.6 cm³/mol. The normalized spacial score (nSPS) is 25.2. The van der Waals surface area contributed by atoms with Crippen molar-refractivity contribution in [3.8, 4) is 0 Å². The number of hydrogen-bond donors (Lipinski definition) is 1. The summed E-state index contributed by atoms with van der Waals surface area (Å²) in [4.78, 5) is 1.01. The van der Waals surface area contributed by atoms with Crippen molar-refractivity contribution in [3.63, 3.8) is 0 Å². The summed E-state index contributed by atoms with van der Waals surface area (Å²) in [5, 5.41) is 0.744. The van der Waals surface area contributed by atoms with Gasteiger partial charge in [-0.3, -0.25) is 0 Å². The van der Waals surface area contributed by atoms with Crippen molar-refractivity contribution in [2.45, 2.75) is 42.5 Å². The molecule has 1 aromatic carbocycles. The van der Waals surface area contributed by atoms with Crippen LogP contribution in [0.3, 0.4) is 0 Å². The maximum absolute atomic E-state index is 6.15. The van der Waals surface area contributed by atoms with Gasteiger partial charge < -0.3 is 15.2 Å². The molecule has 1 saturated carbocycles. The van der Waals surface area contributed by atoms with Crippen LogP contribution >= 0.6 is 23.4 Å². The molecule has 0 amide bonds. The van der Waals surface area contributed by atoms with Crippen molar-refractivity contribution in [2.75, 3.05) is 18.1 Å². The minimum Gasteiger partial charge on any atom is -0.399 e. The molecule has 0 radical (unpaired) electrons. The van der Waals surface area contributed by atoms with E-state index in [1.165, 1.54) is 12.8 Å². The second-order valence-corrected chi connectivity index (χ2v) is 6.64. The highest BCUT2D eigenvalue weighted by Crippen LogP contribution is 2.40. The first kappa shape index (κ1) is 13.6. The highest BCUT2D eigenvalue weighted by atomic mass is 35.5. The molecule has 1 aliphatic heterocycles. The first-order valence-electron chi connectivity index (χ1n) is 6.66. The highest BCUT2D eigenvalue weighted by molar-refractivity contribution is 7.99. The average molecular weight is 300 g/mol. The maximum atomic E-state index is 6.15. The smallest absolute Gasteiger partial charge is 0.168 e.